The van der Waals surface area contributed by atoms with E-state index in [1.54, 1.807) is 25.1 Å². The van der Waals surface area contributed by atoms with Crippen molar-refractivity contribution in [1.29, 1.82) is 0 Å². The van der Waals surface area contributed by atoms with E-state index in [4.69, 9.17) is 10.2 Å². The monoisotopic (exact) mass is 393 g/mol. The van der Waals surface area contributed by atoms with E-state index >= 15 is 0 Å². The Labute approximate surface area is 157 Å². The summed E-state index contributed by atoms with van der Waals surface area (Å²) in [6.45, 7) is 2.16. The van der Waals surface area contributed by atoms with Crippen LogP contribution in [0.3, 0.4) is 0 Å². The molecule has 0 saturated heterocycles. The average Bonchev–Trinajstić information content (AvgIpc) is 2.95. The van der Waals surface area contributed by atoms with Gasteiger partial charge in [0.05, 0.1) is 17.1 Å². The molecule has 0 saturated carbocycles. The maximum Gasteiger partial charge on any atom is 0.419 e. The Hall–Kier alpha value is -3.07. The molecule has 0 aliphatic rings. The van der Waals surface area contributed by atoms with Crippen LogP contribution in [0.2, 0.25) is 0 Å². The molecule has 0 unspecified atom stereocenters. The number of halogens is 3. The third-order valence-corrected chi connectivity index (χ3v) is 4.43. The summed E-state index contributed by atoms with van der Waals surface area (Å²) in [5, 5.41) is 2.90. The van der Waals surface area contributed by atoms with Gasteiger partial charge >= 0.3 is 11.9 Å². The standard InChI is InChI=1S/C19H18F3N3O3/c1-11(17(23)26)24-8-9-25-15-10-13(4-7-16(15)28-18(25)27)12-2-5-14(6-3-12)19(20,21)22/h2-7,10-11,24H,8-9H2,1H3,(H2,23,26)/t11-/m0/s1. The molecule has 0 spiro atoms. The van der Waals surface area contributed by atoms with Gasteiger partial charge in [-0.1, -0.05) is 18.2 Å². The number of nitrogens with zero attached hydrogens (tertiary/aromatic N) is 1. The normalized spacial score (nSPS) is 13.0. The lowest BCUT2D eigenvalue weighted by Gasteiger charge is -2.10. The van der Waals surface area contributed by atoms with Crippen LogP contribution < -0.4 is 16.8 Å². The van der Waals surface area contributed by atoms with E-state index in [1.807, 2.05) is 0 Å². The summed E-state index contributed by atoms with van der Waals surface area (Å²) in [5.74, 6) is -1.07. The van der Waals surface area contributed by atoms with E-state index in [0.29, 0.717) is 28.8 Å². The summed E-state index contributed by atoms with van der Waals surface area (Å²) in [7, 11) is 0. The highest BCUT2D eigenvalue weighted by molar-refractivity contribution is 5.81. The zero-order chi connectivity index (χ0) is 20.5. The minimum atomic E-state index is -4.40. The van der Waals surface area contributed by atoms with Gasteiger partial charge in [-0.2, -0.15) is 13.2 Å². The third kappa shape index (κ3) is 4.09. The van der Waals surface area contributed by atoms with Crippen LogP contribution >= 0.6 is 0 Å². The summed E-state index contributed by atoms with van der Waals surface area (Å²) < 4.78 is 44.8. The highest BCUT2D eigenvalue weighted by atomic mass is 19.4. The van der Waals surface area contributed by atoms with Gasteiger partial charge in [0, 0.05) is 13.1 Å². The molecule has 0 radical (unpaired) electrons. The van der Waals surface area contributed by atoms with Crippen LogP contribution in [0.15, 0.2) is 51.7 Å². The number of rotatable bonds is 6. The molecule has 2 aromatic carbocycles. The second-order valence-corrected chi connectivity index (χ2v) is 6.36. The lowest BCUT2D eigenvalue weighted by Crippen LogP contribution is -2.40. The number of benzene rings is 2. The average molecular weight is 393 g/mol. The number of carbonyl (C=O) groups excluding carboxylic acids is 1. The lowest BCUT2D eigenvalue weighted by atomic mass is 10.0. The van der Waals surface area contributed by atoms with Crippen molar-refractivity contribution < 1.29 is 22.4 Å². The van der Waals surface area contributed by atoms with Crippen LogP contribution in [0.4, 0.5) is 13.2 Å². The minimum Gasteiger partial charge on any atom is -0.408 e. The highest BCUT2D eigenvalue weighted by Gasteiger charge is 2.30. The molecule has 0 aliphatic carbocycles. The van der Waals surface area contributed by atoms with Crippen LogP contribution in [-0.2, 0) is 17.5 Å². The van der Waals surface area contributed by atoms with Crippen molar-refractivity contribution in [1.82, 2.24) is 9.88 Å². The SMILES string of the molecule is C[C@H](NCCn1c(=O)oc2ccc(-c3ccc(C(F)(F)F)cc3)cc21)C(N)=O. The molecule has 6 nitrogen and oxygen atoms in total. The van der Waals surface area contributed by atoms with E-state index in [0.717, 1.165) is 12.1 Å². The quantitative estimate of drug-likeness (QED) is 0.674. The Morgan fingerprint density at radius 1 is 1.18 bits per heavy atom. The molecular formula is C19H18F3N3O3. The van der Waals surface area contributed by atoms with Gasteiger partial charge < -0.3 is 15.5 Å². The molecule has 3 aromatic rings. The van der Waals surface area contributed by atoms with Crippen molar-refractivity contribution in [3.05, 3.63) is 58.6 Å². The number of primary amides is 1. The van der Waals surface area contributed by atoms with Gasteiger partial charge in [-0.3, -0.25) is 9.36 Å². The van der Waals surface area contributed by atoms with Crippen molar-refractivity contribution in [3.8, 4) is 11.1 Å². The first-order valence-corrected chi connectivity index (χ1v) is 8.50. The van der Waals surface area contributed by atoms with Crippen molar-refractivity contribution in [3.63, 3.8) is 0 Å². The van der Waals surface area contributed by atoms with Gasteiger partial charge in [-0.05, 0) is 42.3 Å². The molecule has 1 amide bonds. The number of hydrogen-bond donors (Lipinski definition) is 2. The number of aromatic nitrogens is 1. The van der Waals surface area contributed by atoms with Crippen LogP contribution in [0, 0.1) is 0 Å². The fourth-order valence-electron chi connectivity index (χ4n) is 2.80. The zero-order valence-corrected chi connectivity index (χ0v) is 14.9. The summed E-state index contributed by atoms with van der Waals surface area (Å²) in [6.07, 6.45) is -4.40. The predicted octanol–water partition coefficient (Wildman–Crippen LogP) is 2.74. The van der Waals surface area contributed by atoms with Gasteiger partial charge in [-0.25, -0.2) is 4.79 Å². The molecule has 3 N–H and O–H groups in total. The zero-order valence-electron chi connectivity index (χ0n) is 14.9. The maximum atomic E-state index is 12.7. The summed E-state index contributed by atoms with van der Waals surface area (Å²) in [5.41, 5.74) is 6.55. The molecular weight excluding hydrogens is 375 g/mol. The van der Waals surface area contributed by atoms with Gasteiger partial charge in [0.2, 0.25) is 5.91 Å². The predicted molar refractivity (Wildman–Crippen MR) is 97.6 cm³/mol. The van der Waals surface area contributed by atoms with Crippen LogP contribution in [0.25, 0.3) is 22.2 Å². The molecule has 1 heterocycles. The first-order chi connectivity index (χ1) is 13.2. The van der Waals surface area contributed by atoms with E-state index in [2.05, 4.69) is 5.32 Å². The van der Waals surface area contributed by atoms with Gasteiger partial charge in [0.15, 0.2) is 5.58 Å². The van der Waals surface area contributed by atoms with E-state index in [-0.39, 0.29) is 6.54 Å². The molecule has 0 aliphatic heterocycles. The third-order valence-electron chi connectivity index (χ3n) is 4.43. The van der Waals surface area contributed by atoms with E-state index in [1.165, 1.54) is 16.7 Å². The van der Waals surface area contributed by atoms with Gasteiger partial charge in [-0.15, -0.1) is 0 Å². The number of nitrogens with two attached hydrogens (primary N) is 1. The van der Waals surface area contributed by atoms with Crippen LogP contribution in [-0.4, -0.2) is 23.1 Å². The topological polar surface area (TPSA) is 90.3 Å². The second-order valence-electron chi connectivity index (χ2n) is 6.36. The fourth-order valence-corrected chi connectivity index (χ4v) is 2.80. The Morgan fingerprint density at radius 3 is 2.43 bits per heavy atom. The lowest BCUT2D eigenvalue weighted by molar-refractivity contribution is -0.137. The van der Waals surface area contributed by atoms with E-state index < -0.39 is 29.4 Å². The molecule has 3 rings (SSSR count). The summed E-state index contributed by atoms with van der Waals surface area (Å²) in [4.78, 5) is 23.2. The number of carbonyl (C=O) groups is 1. The fraction of sp³-hybridized carbons (Fsp3) is 0.263. The Morgan fingerprint density at radius 2 is 1.82 bits per heavy atom. The Bertz CT molecular complexity index is 1050. The number of oxazole rings is 1. The van der Waals surface area contributed by atoms with E-state index in [9.17, 15) is 22.8 Å². The summed E-state index contributed by atoms with van der Waals surface area (Å²) >= 11 is 0. The van der Waals surface area contributed by atoms with Crippen molar-refractivity contribution in [2.45, 2.75) is 25.7 Å². The number of fused-ring (bicyclic) bond motifs is 1. The van der Waals surface area contributed by atoms with Crippen molar-refractivity contribution in [2.24, 2.45) is 5.73 Å². The van der Waals surface area contributed by atoms with Gasteiger partial charge in [0.25, 0.3) is 0 Å². The van der Waals surface area contributed by atoms with Crippen molar-refractivity contribution in [2.75, 3.05) is 6.54 Å². The van der Waals surface area contributed by atoms with Crippen molar-refractivity contribution >= 4 is 17.0 Å². The highest BCUT2D eigenvalue weighted by Crippen LogP contribution is 2.31. The van der Waals surface area contributed by atoms with Crippen LogP contribution in [0.1, 0.15) is 12.5 Å². The molecule has 1 aromatic heterocycles. The van der Waals surface area contributed by atoms with Gasteiger partial charge in [0.1, 0.15) is 0 Å². The smallest absolute Gasteiger partial charge is 0.408 e. The summed E-state index contributed by atoms with van der Waals surface area (Å²) in [6, 6.07) is 9.18. The number of amides is 1. The Balaban J connectivity index is 1.88. The first-order valence-electron chi connectivity index (χ1n) is 8.50. The first kappa shape index (κ1) is 19.7. The molecule has 0 fully saturated rings. The second kappa shape index (κ2) is 7.51. The largest absolute Gasteiger partial charge is 0.419 e. The number of hydrogen-bond acceptors (Lipinski definition) is 4. The maximum absolute atomic E-state index is 12.7. The molecule has 28 heavy (non-hydrogen) atoms. The molecule has 148 valence electrons. The minimum absolute atomic E-state index is 0.236. The Kier molecular flexibility index (Phi) is 5.28. The molecule has 1 atom stereocenters. The number of alkyl halides is 3. The number of nitrogens with one attached hydrogen (secondary N) is 1. The van der Waals surface area contributed by atoms with Crippen LogP contribution in [0.5, 0.6) is 0 Å². The molecule has 0 bridgehead atoms. The molecule has 9 heteroatoms.